The molecular weight excluding hydrogens is 516 g/mol. The summed E-state index contributed by atoms with van der Waals surface area (Å²) in [5, 5.41) is 2.32. The van der Waals surface area contributed by atoms with Crippen LogP contribution in [0.2, 0.25) is 0 Å². The predicted octanol–water partition coefficient (Wildman–Crippen LogP) is 9.20. The minimum absolute atomic E-state index is 0.700. The third-order valence-electron chi connectivity index (χ3n) is 9.02. The molecule has 0 atom stereocenters. The number of hydrogen-bond acceptors (Lipinski definition) is 4. The van der Waals surface area contributed by atoms with Crippen molar-refractivity contribution in [2.45, 2.75) is 58.0 Å². The summed E-state index contributed by atoms with van der Waals surface area (Å²) in [6.07, 6.45) is 12.3. The largest absolute Gasteiger partial charge is 0.497 e. The highest BCUT2D eigenvalue weighted by molar-refractivity contribution is 5.94. The highest BCUT2D eigenvalue weighted by atomic mass is 16.5. The van der Waals surface area contributed by atoms with Crippen molar-refractivity contribution in [2.24, 2.45) is 0 Å². The molecule has 218 valence electrons. The van der Waals surface area contributed by atoms with Crippen LogP contribution in [0.25, 0.3) is 16.8 Å². The van der Waals surface area contributed by atoms with Crippen LogP contribution in [0.3, 0.4) is 0 Å². The minimum atomic E-state index is -0.700. The molecule has 0 bridgehead atoms. The van der Waals surface area contributed by atoms with Gasteiger partial charge in [-0.25, -0.2) is 0 Å². The molecule has 0 unspecified atom stereocenters. The number of hydrogen-bond donors (Lipinski definition) is 0. The molecule has 3 heterocycles. The van der Waals surface area contributed by atoms with E-state index in [-0.39, 0.29) is 0 Å². The zero-order chi connectivity index (χ0) is 28.9. The molecule has 4 aromatic carbocycles. The average molecular weight is 561 g/mol. The second-order valence-corrected chi connectivity index (χ2v) is 11.4. The summed E-state index contributed by atoms with van der Waals surface area (Å²) in [6, 6.07) is 28.7. The third-order valence-corrected chi connectivity index (χ3v) is 9.02. The summed E-state index contributed by atoms with van der Waals surface area (Å²) in [6.45, 7) is 8.57. The molecule has 0 saturated carbocycles. The predicted molar refractivity (Wildman–Crippen MR) is 177 cm³/mol. The van der Waals surface area contributed by atoms with Gasteiger partial charge in [0.05, 0.1) is 7.11 Å². The third kappa shape index (κ3) is 5.35. The molecule has 4 nitrogen and oxygen atoms in total. The van der Waals surface area contributed by atoms with E-state index in [1.807, 2.05) is 19.9 Å². The number of methoxy groups -OCH3 is 1. The summed E-state index contributed by atoms with van der Waals surface area (Å²) in [5.41, 5.74) is 5.32. The molecule has 42 heavy (non-hydrogen) atoms. The number of ether oxygens (including phenoxy) is 2. The van der Waals surface area contributed by atoms with Gasteiger partial charge in [0.2, 0.25) is 0 Å². The molecule has 3 aliphatic heterocycles. The van der Waals surface area contributed by atoms with Gasteiger partial charge in [-0.15, -0.1) is 0 Å². The molecule has 7 rings (SSSR count). The molecule has 3 aliphatic rings. The van der Waals surface area contributed by atoms with Gasteiger partial charge in [0.1, 0.15) is 11.5 Å². The Morgan fingerprint density at radius 1 is 0.643 bits per heavy atom. The maximum atomic E-state index is 7.08. The van der Waals surface area contributed by atoms with E-state index in [4.69, 9.17) is 9.47 Å². The van der Waals surface area contributed by atoms with Crippen LogP contribution < -0.4 is 19.3 Å². The summed E-state index contributed by atoms with van der Waals surface area (Å²) >= 11 is 0. The molecule has 4 aromatic rings. The van der Waals surface area contributed by atoms with E-state index < -0.39 is 5.60 Å². The van der Waals surface area contributed by atoms with E-state index in [9.17, 15) is 0 Å². The normalized spacial score (nSPS) is 17.6. The van der Waals surface area contributed by atoms with Gasteiger partial charge in [0.15, 0.2) is 5.60 Å². The number of nitrogens with zero attached hydrogens (tertiary/aromatic N) is 2. The minimum Gasteiger partial charge on any atom is -0.497 e. The SMILES string of the molecule is CC.COc1ccc2c3c(ccc2c1)OC(c1ccc(N2CCCCC2)cc1)(c1ccc(N2CCCCC2)cc1)C=C3. The van der Waals surface area contributed by atoms with Gasteiger partial charge in [-0.2, -0.15) is 0 Å². The highest BCUT2D eigenvalue weighted by Gasteiger charge is 2.37. The Bertz CT molecular complexity index is 1450. The van der Waals surface area contributed by atoms with Crippen LogP contribution in [0.4, 0.5) is 11.4 Å². The van der Waals surface area contributed by atoms with Crippen LogP contribution in [-0.2, 0) is 5.60 Å². The summed E-state index contributed by atoms with van der Waals surface area (Å²) in [7, 11) is 1.71. The molecule has 2 fully saturated rings. The monoisotopic (exact) mass is 560 g/mol. The van der Waals surface area contributed by atoms with Gasteiger partial charge in [0, 0.05) is 54.2 Å². The van der Waals surface area contributed by atoms with E-state index >= 15 is 0 Å². The Hall–Kier alpha value is -3.92. The van der Waals surface area contributed by atoms with E-state index in [1.165, 1.54) is 55.3 Å². The van der Waals surface area contributed by atoms with Crippen molar-refractivity contribution < 1.29 is 9.47 Å². The van der Waals surface area contributed by atoms with Crippen molar-refractivity contribution in [3.63, 3.8) is 0 Å². The van der Waals surface area contributed by atoms with Crippen LogP contribution >= 0.6 is 0 Å². The van der Waals surface area contributed by atoms with Crippen LogP contribution in [0.5, 0.6) is 11.5 Å². The van der Waals surface area contributed by atoms with Crippen LogP contribution in [-0.4, -0.2) is 33.3 Å². The first-order valence-corrected chi connectivity index (χ1v) is 15.9. The summed E-state index contributed by atoms with van der Waals surface area (Å²) in [4.78, 5) is 5.03. The van der Waals surface area contributed by atoms with E-state index in [2.05, 4.69) is 94.7 Å². The van der Waals surface area contributed by atoms with Crippen molar-refractivity contribution >= 4 is 28.2 Å². The first-order chi connectivity index (χ1) is 20.7. The Balaban J connectivity index is 0.00000155. The lowest BCUT2D eigenvalue weighted by Crippen LogP contribution is -2.35. The van der Waals surface area contributed by atoms with E-state index in [1.54, 1.807) is 7.11 Å². The van der Waals surface area contributed by atoms with Gasteiger partial charge in [-0.3, -0.25) is 0 Å². The molecule has 0 N–H and O–H groups in total. The van der Waals surface area contributed by atoms with Gasteiger partial charge in [-0.1, -0.05) is 44.2 Å². The number of benzene rings is 4. The van der Waals surface area contributed by atoms with E-state index in [0.29, 0.717) is 0 Å². The summed E-state index contributed by atoms with van der Waals surface area (Å²) in [5.74, 6) is 1.77. The maximum absolute atomic E-state index is 7.08. The summed E-state index contributed by atoms with van der Waals surface area (Å²) < 4.78 is 12.5. The fraction of sp³-hybridized carbons (Fsp3) is 0.368. The van der Waals surface area contributed by atoms with Crippen molar-refractivity contribution in [2.75, 3.05) is 43.1 Å². The topological polar surface area (TPSA) is 24.9 Å². The zero-order valence-electron chi connectivity index (χ0n) is 25.4. The van der Waals surface area contributed by atoms with Crippen molar-refractivity contribution in [1.29, 1.82) is 0 Å². The Labute approximate surface area is 251 Å². The van der Waals surface area contributed by atoms with Gasteiger partial charge in [0.25, 0.3) is 0 Å². The molecule has 4 heteroatoms. The second-order valence-electron chi connectivity index (χ2n) is 11.4. The smallest absolute Gasteiger partial charge is 0.178 e. The molecule has 0 amide bonds. The molecular formula is C38H44N2O2. The van der Waals surface area contributed by atoms with Crippen LogP contribution in [0.1, 0.15) is 69.1 Å². The van der Waals surface area contributed by atoms with Crippen molar-refractivity contribution in [3.8, 4) is 11.5 Å². The fourth-order valence-corrected chi connectivity index (χ4v) is 6.73. The highest BCUT2D eigenvalue weighted by Crippen LogP contribution is 2.45. The number of anilines is 2. The van der Waals surface area contributed by atoms with Crippen molar-refractivity contribution in [1.82, 2.24) is 0 Å². The Morgan fingerprint density at radius 2 is 1.19 bits per heavy atom. The number of piperidine rings is 2. The first kappa shape index (κ1) is 28.2. The van der Waals surface area contributed by atoms with Gasteiger partial charge in [-0.05, 0) is 110 Å². The lowest BCUT2D eigenvalue weighted by Gasteiger charge is -2.37. The zero-order valence-corrected chi connectivity index (χ0v) is 25.4. The molecule has 0 aromatic heterocycles. The maximum Gasteiger partial charge on any atom is 0.178 e. The second kappa shape index (κ2) is 12.5. The molecule has 0 radical (unpaired) electrons. The molecule has 0 aliphatic carbocycles. The lowest BCUT2D eigenvalue weighted by atomic mass is 9.83. The molecule has 0 spiro atoms. The van der Waals surface area contributed by atoms with Crippen LogP contribution in [0, 0.1) is 0 Å². The first-order valence-electron chi connectivity index (χ1n) is 15.9. The quantitative estimate of drug-likeness (QED) is 0.243. The standard InChI is InChI=1S/C36H38N2O2.C2H6/c1-39-32-17-18-33-27(26-32)8-19-35-34(33)20-21-36(40-35,28-9-13-30(14-10-28)37-22-4-2-5-23-37)29-11-15-31(16-12-29)38-24-6-3-7-25-38;1-2/h8-21,26H,2-7,22-25H2,1H3;1-2H3. The van der Waals surface area contributed by atoms with Crippen molar-refractivity contribution in [3.05, 3.63) is 102 Å². The average Bonchev–Trinajstić information content (AvgIpc) is 3.09. The van der Waals surface area contributed by atoms with E-state index in [0.717, 1.165) is 59.8 Å². The Kier molecular flexibility index (Phi) is 8.41. The Morgan fingerprint density at radius 3 is 1.71 bits per heavy atom. The molecule has 2 saturated heterocycles. The fourth-order valence-electron chi connectivity index (χ4n) is 6.73. The number of fused-ring (bicyclic) bond motifs is 3. The lowest BCUT2D eigenvalue weighted by molar-refractivity contribution is 0.161. The van der Waals surface area contributed by atoms with Crippen LogP contribution in [0.15, 0.2) is 84.9 Å². The van der Waals surface area contributed by atoms with Gasteiger partial charge < -0.3 is 19.3 Å². The van der Waals surface area contributed by atoms with Gasteiger partial charge >= 0.3 is 0 Å². The number of rotatable bonds is 5.